The molecule has 0 spiro atoms. The summed E-state index contributed by atoms with van der Waals surface area (Å²) in [6.45, 7) is 0. The highest BCUT2D eigenvalue weighted by Crippen LogP contribution is 2.23. The number of methoxy groups -OCH3 is 1. The molecule has 3 rings (SSSR count). The summed E-state index contributed by atoms with van der Waals surface area (Å²) >= 11 is 0. The predicted octanol–water partition coefficient (Wildman–Crippen LogP) is 1.49. The summed E-state index contributed by atoms with van der Waals surface area (Å²) in [7, 11) is -6.38. The van der Waals surface area contributed by atoms with Crippen LogP contribution < -0.4 is 25.6 Å². The van der Waals surface area contributed by atoms with E-state index in [1.54, 1.807) is 0 Å². The predicted molar refractivity (Wildman–Crippen MR) is 125 cm³/mol. The summed E-state index contributed by atoms with van der Waals surface area (Å²) in [5.74, 6) is -0.961. The van der Waals surface area contributed by atoms with Gasteiger partial charge in [0, 0.05) is 16.9 Å². The van der Waals surface area contributed by atoms with Crippen LogP contribution in [0.2, 0.25) is 0 Å². The second-order valence-corrected chi connectivity index (χ2v) is 10.1. The van der Waals surface area contributed by atoms with E-state index in [-0.39, 0.29) is 26.7 Å². The van der Waals surface area contributed by atoms with Crippen LogP contribution in [-0.4, -0.2) is 35.8 Å². The number of nitrogens with two attached hydrogens (primary N) is 2. The third kappa shape index (κ3) is 5.96. The number of anilines is 2. The van der Waals surface area contributed by atoms with Gasteiger partial charge in [-0.25, -0.2) is 27.1 Å². The Bertz CT molecular complexity index is 1450. The van der Waals surface area contributed by atoms with Gasteiger partial charge in [0.1, 0.15) is 5.75 Å². The first-order chi connectivity index (χ1) is 15.9. The first-order valence-corrected chi connectivity index (χ1v) is 12.5. The van der Waals surface area contributed by atoms with Crippen molar-refractivity contribution < 1.29 is 31.2 Å². The first kappa shape index (κ1) is 24.9. The maximum Gasteiger partial charge on any atom is 0.259 e. The van der Waals surface area contributed by atoms with Crippen molar-refractivity contribution in [3.63, 3.8) is 0 Å². The van der Waals surface area contributed by atoms with Crippen molar-refractivity contribution >= 4 is 43.2 Å². The van der Waals surface area contributed by atoms with Gasteiger partial charge >= 0.3 is 0 Å². The molecule has 3 aromatic rings. The molecule has 0 radical (unpaired) electrons. The first-order valence-electron chi connectivity index (χ1n) is 9.45. The van der Waals surface area contributed by atoms with E-state index >= 15 is 0 Å². The van der Waals surface area contributed by atoms with Gasteiger partial charge in [0.15, 0.2) is 0 Å². The number of hydrogen-bond donors (Lipinski definition) is 4. The van der Waals surface area contributed by atoms with E-state index < -0.39 is 31.9 Å². The van der Waals surface area contributed by atoms with Crippen molar-refractivity contribution in [2.45, 2.75) is 9.79 Å². The summed E-state index contributed by atoms with van der Waals surface area (Å²) in [6.07, 6.45) is 0. The molecule has 178 valence electrons. The standard InChI is InChI=1S/C21H20N4O7S2/c1-32-19-11-2-13(20(26)24-14-3-7-16(8-4-14)33(22,28)29)12-18(19)21(27)25-15-5-9-17(10-6-15)34(23,30)31/h2-12H,1H3,(H,24,26)(H,25,27)(H2,22,28,29)(H2,23,30,31). The highest BCUT2D eigenvalue weighted by Gasteiger charge is 2.17. The normalized spacial score (nSPS) is 11.5. The van der Waals surface area contributed by atoms with Crippen LogP contribution in [0.1, 0.15) is 20.7 Å². The SMILES string of the molecule is COc1ccc(C(=O)Nc2ccc(S(N)(=O)=O)cc2)cc1C(=O)Nc1ccc(S(N)(=O)=O)cc1. The molecule has 34 heavy (non-hydrogen) atoms. The Morgan fingerprint density at radius 1 is 0.706 bits per heavy atom. The van der Waals surface area contributed by atoms with Crippen molar-refractivity contribution in [2.75, 3.05) is 17.7 Å². The van der Waals surface area contributed by atoms with Crippen molar-refractivity contribution in [1.29, 1.82) is 0 Å². The highest BCUT2D eigenvalue weighted by molar-refractivity contribution is 7.89. The van der Waals surface area contributed by atoms with E-state index in [9.17, 15) is 26.4 Å². The third-order valence-corrected chi connectivity index (χ3v) is 6.45. The number of hydrogen-bond acceptors (Lipinski definition) is 7. The maximum atomic E-state index is 12.8. The number of primary sulfonamides is 2. The number of benzene rings is 3. The largest absolute Gasteiger partial charge is 0.496 e. The number of sulfonamides is 2. The summed E-state index contributed by atoms with van der Waals surface area (Å²) in [4.78, 5) is 25.3. The lowest BCUT2D eigenvalue weighted by atomic mass is 10.1. The second-order valence-electron chi connectivity index (χ2n) is 6.96. The summed E-state index contributed by atoms with van der Waals surface area (Å²) in [5.41, 5.74) is 0.791. The van der Waals surface area contributed by atoms with Crippen LogP contribution in [0.5, 0.6) is 5.75 Å². The molecule has 0 saturated carbocycles. The molecule has 3 aromatic carbocycles. The zero-order valence-electron chi connectivity index (χ0n) is 17.7. The molecule has 0 fully saturated rings. The van der Waals surface area contributed by atoms with Crippen LogP contribution in [0.3, 0.4) is 0 Å². The van der Waals surface area contributed by atoms with Gasteiger partial charge in [-0.1, -0.05) is 0 Å². The molecule has 2 amide bonds. The fourth-order valence-corrected chi connectivity index (χ4v) is 3.92. The Balaban J connectivity index is 1.80. The van der Waals surface area contributed by atoms with Gasteiger partial charge in [-0.2, -0.15) is 0 Å². The summed E-state index contributed by atoms with van der Waals surface area (Å²) < 4.78 is 50.6. The molecule has 0 aliphatic rings. The van der Waals surface area contributed by atoms with Gasteiger partial charge in [-0.3, -0.25) is 9.59 Å². The van der Waals surface area contributed by atoms with Gasteiger partial charge < -0.3 is 15.4 Å². The fourth-order valence-electron chi connectivity index (χ4n) is 2.88. The number of rotatable bonds is 7. The molecule has 0 aliphatic heterocycles. The van der Waals surface area contributed by atoms with Gasteiger partial charge in [-0.05, 0) is 66.7 Å². The average Bonchev–Trinajstić information content (AvgIpc) is 2.78. The quantitative estimate of drug-likeness (QED) is 0.375. The van der Waals surface area contributed by atoms with Gasteiger partial charge in [0.05, 0.1) is 22.5 Å². The molecule has 0 unspecified atom stereocenters. The Morgan fingerprint density at radius 3 is 1.56 bits per heavy atom. The monoisotopic (exact) mass is 504 g/mol. The maximum absolute atomic E-state index is 12.8. The molecule has 0 heterocycles. The zero-order valence-corrected chi connectivity index (χ0v) is 19.3. The van der Waals surface area contributed by atoms with Gasteiger partial charge in [0.2, 0.25) is 20.0 Å². The van der Waals surface area contributed by atoms with Crippen LogP contribution >= 0.6 is 0 Å². The van der Waals surface area contributed by atoms with E-state index in [0.717, 1.165) is 0 Å². The average molecular weight is 505 g/mol. The van der Waals surface area contributed by atoms with Crippen LogP contribution in [0.25, 0.3) is 0 Å². The highest BCUT2D eigenvalue weighted by atomic mass is 32.2. The number of nitrogens with one attached hydrogen (secondary N) is 2. The minimum absolute atomic E-state index is 0.0512. The van der Waals surface area contributed by atoms with E-state index in [1.807, 2.05) is 0 Å². The van der Waals surface area contributed by atoms with Crippen molar-refractivity contribution in [3.8, 4) is 5.75 Å². The number of carbonyl (C=O) groups excluding carboxylic acids is 2. The molecule has 0 aliphatic carbocycles. The smallest absolute Gasteiger partial charge is 0.259 e. The zero-order chi connectivity index (χ0) is 25.1. The van der Waals surface area contributed by atoms with Crippen LogP contribution in [0.15, 0.2) is 76.5 Å². The lowest BCUT2D eigenvalue weighted by Crippen LogP contribution is -2.17. The van der Waals surface area contributed by atoms with Crippen molar-refractivity contribution in [2.24, 2.45) is 10.3 Å². The molecule has 0 bridgehead atoms. The molecular weight excluding hydrogens is 484 g/mol. The second kappa shape index (κ2) is 9.61. The molecule has 0 atom stereocenters. The summed E-state index contributed by atoms with van der Waals surface area (Å²) in [5, 5.41) is 15.3. The van der Waals surface area contributed by atoms with Gasteiger partial charge in [-0.15, -0.1) is 0 Å². The minimum atomic E-state index is -3.87. The molecular formula is C21H20N4O7S2. The Morgan fingerprint density at radius 2 is 1.15 bits per heavy atom. The van der Waals surface area contributed by atoms with E-state index in [2.05, 4.69) is 10.6 Å². The van der Waals surface area contributed by atoms with E-state index in [0.29, 0.717) is 11.4 Å². The number of ether oxygens (including phenoxy) is 1. The van der Waals surface area contributed by atoms with Crippen LogP contribution in [0.4, 0.5) is 11.4 Å². The van der Waals surface area contributed by atoms with Crippen LogP contribution in [-0.2, 0) is 20.0 Å². The Hall–Kier alpha value is -3.78. The minimum Gasteiger partial charge on any atom is -0.496 e. The fraction of sp³-hybridized carbons (Fsp3) is 0.0476. The van der Waals surface area contributed by atoms with E-state index in [4.69, 9.17) is 15.0 Å². The summed E-state index contributed by atoms with van der Waals surface area (Å²) in [6, 6.07) is 14.7. The lowest BCUT2D eigenvalue weighted by Gasteiger charge is -2.12. The number of amides is 2. The topological polar surface area (TPSA) is 188 Å². The van der Waals surface area contributed by atoms with Gasteiger partial charge in [0.25, 0.3) is 11.8 Å². The molecule has 11 nitrogen and oxygen atoms in total. The Labute approximate surface area is 195 Å². The van der Waals surface area contributed by atoms with Crippen molar-refractivity contribution in [3.05, 3.63) is 77.9 Å². The lowest BCUT2D eigenvalue weighted by molar-refractivity contribution is 0.102. The molecule has 6 N–H and O–H groups in total. The Kier molecular flexibility index (Phi) is 7.02. The third-order valence-electron chi connectivity index (χ3n) is 4.59. The van der Waals surface area contributed by atoms with Crippen molar-refractivity contribution in [1.82, 2.24) is 0 Å². The number of carbonyl (C=O) groups is 2. The van der Waals surface area contributed by atoms with Crippen LogP contribution in [0, 0.1) is 0 Å². The molecule has 0 saturated heterocycles. The molecule has 13 heteroatoms. The molecule has 0 aromatic heterocycles. The van der Waals surface area contributed by atoms with E-state index in [1.165, 1.54) is 73.8 Å².